The molecular formula is C7H8ClN3O3. The third kappa shape index (κ3) is 1.91. The summed E-state index contributed by atoms with van der Waals surface area (Å²) < 4.78 is 0. The highest BCUT2D eigenvalue weighted by molar-refractivity contribution is 6.29. The molecule has 0 aliphatic heterocycles. The van der Waals surface area contributed by atoms with E-state index in [1.807, 2.05) is 0 Å². The van der Waals surface area contributed by atoms with E-state index in [2.05, 4.69) is 4.98 Å². The summed E-state index contributed by atoms with van der Waals surface area (Å²) in [5, 5.41) is 10.5. The summed E-state index contributed by atoms with van der Waals surface area (Å²) in [7, 11) is 0. The van der Waals surface area contributed by atoms with Gasteiger partial charge >= 0.3 is 0 Å². The van der Waals surface area contributed by atoms with Crippen LogP contribution in [0.2, 0.25) is 5.15 Å². The molecule has 0 bridgehead atoms. The van der Waals surface area contributed by atoms with E-state index in [4.69, 9.17) is 17.3 Å². The zero-order valence-corrected chi connectivity index (χ0v) is 8.04. The summed E-state index contributed by atoms with van der Waals surface area (Å²) >= 11 is 5.47. The first-order valence-electron chi connectivity index (χ1n) is 3.76. The Balaban J connectivity index is 3.53. The van der Waals surface area contributed by atoms with E-state index < -0.39 is 16.5 Å². The number of nitrogens with one attached hydrogen (secondary N) is 1. The molecule has 0 aliphatic carbocycles. The van der Waals surface area contributed by atoms with Gasteiger partial charge in [0.25, 0.3) is 11.2 Å². The first-order valence-corrected chi connectivity index (χ1v) is 4.14. The molecule has 14 heavy (non-hydrogen) atoms. The van der Waals surface area contributed by atoms with Gasteiger partial charge in [0.2, 0.25) is 0 Å². The lowest BCUT2D eigenvalue weighted by atomic mass is 10.1. The Labute approximate surface area is 83.8 Å². The average Bonchev–Trinajstić information content (AvgIpc) is 2.01. The molecule has 0 saturated heterocycles. The molecule has 3 N–H and O–H groups in total. The minimum Gasteiger partial charge on any atom is -0.324 e. The third-order valence-corrected chi connectivity index (χ3v) is 1.87. The fourth-order valence-electron chi connectivity index (χ4n) is 1.12. The Kier molecular flexibility index (Phi) is 2.87. The lowest BCUT2D eigenvalue weighted by molar-refractivity contribution is -0.385. The predicted octanol–water partition coefficient (Wildman–Crippen LogP) is 0.956. The third-order valence-electron chi connectivity index (χ3n) is 1.67. The van der Waals surface area contributed by atoms with Crippen LogP contribution < -0.4 is 11.3 Å². The molecule has 1 heterocycles. The molecule has 6 nitrogen and oxygen atoms in total. The molecule has 76 valence electrons. The van der Waals surface area contributed by atoms with Crippen molar-refractivity contribution in [2.24, 2.45) is 5.73 Å². The number of hydrogen-bond donors (Lipinski definition) is 2. The molecule has 0 radical (unpaired) electrons. The van der Waals surface area contributed by atoms with Crippen LogP contribution in [-0.2, 0) is 0 Å². The monoisotopic (exact) mass is 217 g/mol. The number of H-pyrrole nitrogens is 1. The lowest BCUT2D eigenvalue weighted by Gasteiger charge is -2.04. The zero-order chi connectivity index (χ0) is 10.9. The summed E-state index contributed by atoms with van der Waals surface area (Å²) in [6.45, 7) is 1.49. The first kappa shape index (κ1) is 10.7. The molecule has 1 unspecified atom stereocenters. The maximum Gasteiger partial charge on any atom is 0.282 e. The molecule has 1 rings (SSSR count). The summed E-state index contributed by atoms with van der Waals surface area (Å²) in [4.78, 5) is 23.4. The Bertz CT molecular complexity index is 427. The van der Waals surface area contributed by atoms with Crippen LogP contribution in [-0.4, -0.2) is 9.91 Å². The van der Waals surface area contributed by atoms with Crippen LogP contribution in [0.1, 0.15) is 18.5 Å². The van der Waals surface area contributed by atoms with Crippen molar-refractivity contribution in [2.75, 3.05) is 0 Å². The Morgan fingerprint density at radius 1 is 1.71 bits per heavy atom. The number of nitro groups is 1. The number of halogens is 1. The van der Waals surface area contributed by atoms with Crippen molar-refractivity contribution in [3.8, 4) is 0 Å². The molecule has 0 aromatic carbocycles. The van der Waals surface area contributed by atoms with Crippen molar-refractivity contribution < 1.29 is 4.92 Å². The summed E-state index contributed by atoms with van der Waals surface area (Å²) in [5.74, 6) is 0. The van der Waals surface area contributed by atoms with Crippen LogP contribution in [0.4, 0.5) is 5.69 Å². The SMILES string of the molecule is CC(N)c1c([N+](=O)[O-])cc(Cl)[nH]c1=O. The minimum absolute atomic E-state index is 0.0700. The van der Waals surface area contributed by atoms with Crippen molar-refractivity contribution in [2.45, 2.75) is 13.0 Å². The molecular weight excluding hydrogens is 210 g/mol. The summed E-state index contributed by atoms with van der Waals surface area (Å²) in [6.07, 6.45) is 0. The van der Waals surface area contributed by atoms with Gasteiger partial charge in [-0.1, -0.05) is 11.6 Å². The second kappa shape index (κ2) is 3.77. The van der Waals surface area contributed by atoms with E-state index in [1.54, 1.807) is 0 Å². The maximum atomic E-state index is 11.3. The van der Waals surface area contributed by atoms with Gasteiger partial charge in [0.15, 0.2) is 0 Å². The van der Waals surface area contributed by atoms with E-state index >= 15 is 0 Å². The fourth-order valence-corrected chi connectivity index (χ4v) is 1.31. The quantitative estimate of drug-likeness (QED) is 0.437. The van der Waals surface area contributed by atoms with Gasteiger partial charge in [-0.25, -0.2) is 0 Å². The van der Waals surface area contributed by atoms with Crippen molar-refractivity contribution in [1.29, 1.82) is 0 Å². The molecule has 0 aliphatic rings. The van der Waals surface area contributed by atoms with Gasteiger partial charge < -0.3 is 10.7 Å². The maximum absolute atomic E-state index is 11.3. The Morgan fingerprint density at radius 2 is 2.29 bits per heavy atom. The van der Waals surface area contributed by atoms with Crippen molar-refractivity contribution in [3.05, 3.63) is 37.3 Å². The van der Waals surface area contributed by atoms with E-state index in [1.165, 1.54) is 6.92 Å². The highest BCUT2D eigenvalue weighted by atomic mass is 35.5. The van der Waals surface area contributed by atoms with Gasteiger partial charge in [-0.05, 0) is 6.92 Å². The molecule has 1 aromatic rings. The van der Waals surface area contributed by atoms with Crippen LogP contribution in [0.3, 0.4) is 0 Å². The predicted molar refractivity (Wildman–Crippen MR) is 51.3 cm³/mol. The van der Waals surface area contributed by atoms with Crippen LogP contribution in [0.15, 0.2) is 10.9 Å². The molecule has 0 saturated carbocycles. The molecule has 0 fully saturated rings. The van der Waals surface area contributed by atoms with Crippen LogP contribution in [0, 0.1) is 10.1 Å². The van der Waals surface area contributed by atoms with Gasteiger partial charge in [-0.3, -0.25) is 14.9 Å². The van der Waals surface area contributed by atoms with Crippen LogP contribution in [0.25, 0.3) is 0 Å². The number of rotatable bonds is 2. The van der Waals surface area contributed by atoms with Gasteiger partial charge in [0, 0.05) is 6.04 Å². The Morgan fingerprint density at radius 3 is 2.71 bits per heavy atom. The van der Waals surface area contributed by atoms with Crippen molar-refractivity contribution in [3.63, 3.8) is 0 Å². The molecule has 1 atom stereocenters. The van der Waals surface area contributed by atoms with Gasteiger partial charge in [0.1, 0.15) is 10.7 Å². The second-order valence-electron chi connectivity index (χ2n) is 2.79. The molecule has 7 heteroatoms. The van der Waals surface area contributed by atoms with Gasteiger partial charge in [0.05, 0.1) is 11.0 Å². The number of aromatic nitrogens is 1. The number of hydrogen-bond acceptors (Lipinski definition) is 4. The van der Waals surface area contributed by atoms with Crippen LogP contribution in [0.5, 0.6) is 0 Å². The molecule has 1 aromatic heterocycles. The highest BCUT2D eigenvalue weighted by Gasteiger charge is 2.21. The van der Waals surface area contributed by atoms with E-state index in [-0.39, 0.29) is 16.4 Å². The Hall–Kier alpha value is -1.40. The standard InChI is InChI=1S/C7H8ClN3O3/c1-3(9)6-4(11(13)14)2-5(8)10-7(6)12/h2-3H,9H2,1H3,(H,10,12). The molecule has 0 amide bonds. The normalized spacial score (nSPS) is 12.5. The minimum atomic E-state index is -0.712. The largest absolute Gasteiger partial charge is 0.324 e. The highest BCUT2D eigenvalue weighted by Crippen LogP contribution is 2.21. The first-order chi connectivity index (χ1) is 6.43. The number of nitrogens with zero attached hydrogens (tertiary/aromatic N) is 1. The van der Waals surface area contributed by atoms with Gasteiger partial charge in [-0.2, -0.15) is 0 Å². The zero-order valence-electron chi connectivity index (χ0n) is 7.28. The van der Waals surface area contributed by atoms with Crippen molar-refractivity contribution >= 4 is 17.3 Å². The molecule has 0 spiro atoms. The number of pyridine rings is 1. The van der Waals surface area contributed by atoms with E-state index in [0.29, 0.717) is 0 Å². The summed E-state index contributed by atoms with van der Waals surface area (Å²) in [5.41, 5.74) is 4.39. The van der Waals surface area contributed by atoms with Crippen molar-refractivity contribution in [1.82, 2.24) is 4.98 Å². The topological polar surface area (TPSA) is 102 Å². The fraction of sp³-hybridized carbons (Fsp3) is 0.286. The number of aromatic amines is 1. The van der Waals surface area contributed by atoms with E-state index in [9.17, 15) is 14.9 Å². The summed E-state index contributed by atoms with van der Waals surface area (Å²) in [6, 6.07) is 0.359. The smallest absolute Gasteiger partial charge is 0.282 e. The van der Waals surface area contributed by atoms with Gasteiger partial charge in [-0.15, -0.1) is 0 Å². The number of nitrogens with two attached hydrogens (primary N) is 1. The average molecular weight is 218 g/mol. The van der Waals surface area contributed by atoms with Crippen LogP contribution >= 0.6 is 11.6 Å². The van der Waals surface area contributed by atoms with E-state index in [0.717, 1.165) is 6.07 Å². The lowest BCUT2D eigenvalue weighted by Crippen LogP contribution is -2.21. The second-order valence-corrected chi connectivity index (χ2v) is 3.20.